The van der Waals surface area contributed by atoms with Crippen molar-refractivity contribution in [1.82, 2.24) is 0 Å². The van der Waals surface area contributed by atoms with Gasteiger partial charge in [0.1, 0.15) is 0 Å². The number of hydrogen-bond donors (Lipinski definition) is 0. The van der Waals surface area contributed by atoms with Crippen LogP contribution in [0.3, 0.4) is 0 Å². The molecule has 0 N–H and O–H groups in total. The summed E-state index contributed by atoms with van der Waals surface area (Å²) in [5.74, 6) is -1.69. The number of hydrogen-bond acceptors (Lipinski definition) is 6. The molecule has 6 nitrogen and oxygen atoms in total. The first-order chi connectivity index (χ1) is 12.8. The van der Waals surface area contributed by atoms with E-state index in [1.165, 1.54) is 0 Å². The highest BCUT2D eigenvalue weighted by atomic mass is 16.6. The molecule has 5 atom stereocenters. The van der Waals surface area contributed by atoms with Crippen LogP contribution < -0.4 is 0 Å². The highest BCUT2D eigenvalue weighted by molar-refractivity contribution is 5.96. The second-order valence-electron chi connectivity index (χ2n) is 7.03. The van der Waals surface area contributed by atoms with Crippen molar-refractivity contribution in [1.29, 1.82) is 0 Å². The van der Waals surface area contributed by atoms with Gasteiger partial charge in [0.25, 0.3) is 0 Å². The molecule has 2 aliphatic rings. The van der Waals surface area contributed by atoms with Gasteiger partial charge >= 0.3 is 23.9 Å². The summed E-state index contributed by atoms with van der Waals surface area (Å²) in [6.45, 7) is 13.8. The van der Waals surface area contributed by atoms with Gasteiger partial charge in [-0.1, -0.05) is 61.3 Å². The predicted octanol–water partition coefficient (Wildman–Crippen LogP) is 4.30. The Balaban J connectivity index is 0.000000469. The van der Waals surface area contributed by atoms with Crippen molar-refractivity contribution in [3.05, 3.63) is 0 Å². The molecule has 0 spiro atoms. The fraction of sp³-hybridized carbons (Fsp3) is 0.810. The van der Waals surface area contributed by atoms with Crippen LogP contribution in [0.1, 0.15) is 80.6 Å². The lowest BCUT2D eigenvalue weighted by Gasteiger charge is -2.15. The van der Waals surface area contributed by atoms with E-state index in [9.17, 15) is 19.2 Å². The van der Waals surface area contributed by atoms with Crippen molar-refractivity contribution >= 4 is 23.9 Å². The molecule has 2 fully saturated rings. The van der Waals surface area contributed by atoms with Gasteiger partial charge < -0.3 is 9.47 Å². The van der Waals surface area contributed by atoms with Crippen molar-refractivity contribution in [2.45, 2.75) is 80.6 Å². The molecule has 5 unspecified atom stereocenters. The third-order valence-electron chi connectivity index (χ3n) is 5.16. The van der Waals surface area contributed by atoms with Crippen molar-refractivity contribution < 1.29 is 28.7 Å². The number of cyclic esters (lactones) is 4. The molecule has 0 aromatic carbocycles. The van der Waals surface area contributed by atoms with Crippen molar-refractivity contribution in [2.75, 3.05) is 0 Å². The summed E-state index contributed by atoms with van der Waals surface area (Å²) in [6, 6.07) is 0. The average Bonchev–Trinajstić information content (AvgIpc) is 3.06. The molecule has 2 rings (SSSR count). The third-order valence-corrected chi connectivity index (χ3v) is 5.16. The molecule has 0 saturated carbocycles. The fourth-order valence-corrected chi connectivity index (χ4v) is 3.21. The zero-order valence-electron chi connectivity index (χ0n) is 17.9. The van der Waals surface area contributed by atoms with Gasteiger partial charge in [0.15, 0.2) is 0 Å². The number of carbonyl (C=O) groups excluding carboxylic acids is 4. The molecular weight excluding hydrogens is 348 g/mol. The Morgan fingerprint density at radius 1 is 0.815 bits per heavy atom. The summed E-state index contributed by atoms with van der Waals surface area (Å²) in [7, 11) is 0. The Labute approximate surface area is 163 Å². The van der Waals surface area contributed by atoms with Gasteiger partial charge in [0.2, 0.25) is 0 Å². The van der Waals surface area contributed by atoms with E-state index in [1.54, 1.807) is 6.92 Å². The molecule has 0 aliphatic carbocycles. The molecule has 0 bridgehead atoms. The van der Waals surface area contributed by atoms with E-state index in [0.29, 0.717) is 12.3 Å². The molecular formula is C21H36O6. The summed E-state index contributed by atoms with van der Waals surface area (Å²) in [5, 5.41) is 0. The van der Waals surface area contributed by atoms with E-state index in [2.05, 4.69) is 23.3 Å². The van der Waals surface area contributed by atoms with E-state index in [-0.39, 0.29) is 47.5 Å². The monoisotopic (exact) mass is 384 g/mol. The maximum absolute atomic E-state index is 11.4. The highest BCUT2D eigenvalue weighted by Crippen LogP contribution is 2.32. The maximum Gasteiger partial charge on any atom is 0.317 e. The molecule has 0 radical (unpaired) electrons. The van der Waals surface area contributed by atoms with E-state index < -0.39 is 0 Å². The fourth-order valence-electron chi connectivity index (χ4n) is 3.21. The lowest BCUT2D eigenvalue weighted by molar-refractivity contribution is -0.155. The molecule has 27 heavy (non-hydrogen) atoms. The normalized spacial score (nSPS) is 27.8. The number of carbonyl (C=O) groups is 4. The first kappa shape index (κ1) is 25.3. The Bertz CT molecular complexity index is 513. The predicted molar refractivity (Wildman–Crippen MR) is 102 cm³/mol. The van der Waals surface area contributed by atoms with Gasteiger partial charge in [-0.25, -0.2) is 0 Å². The van der Waals surface area contributed by atoms with Gasteiger partial charge in [0, 0.05) is 0 Å². The standard InChI is InChI=1S/C11H18O3.C8H12O3.C2H6/c1-4-7(3)6-9-8(5-2)10(12)14-11(9)13;1-3-4-6-5(2)7(9)11-8(6)10;1-2/h7-9H,4-6H2,1-3H3;5-6H,3-4H2,1-2H3;1-2H3. The molecule has 2 saturated heterocycles. The number of esters is 4. The lowest BCUT2D eigenvalue weighted by Crippen LogP contribution is -2.19. The van der Waals surface area contributed by atoms with Crippen LogP contribution in [0.15, 0.2) is 0 Å². The van der Waals surface area contributed by atoms with Crippen LogP contribution in [0.2, 0.25) is 0 Å². The first-order valence-corrected chi connectivity index (χ1v) is 10.3. The zero-order chi connectivity index (χ0) is 21.1. The SMILES string of the molecule is CC.CCC(C)CC1C(=O)OC(=O)C1CC.CCCC1C(=O)OC(=O)C1C. The second-order valence-corrected chi connectivity index (χ2v) is 7.03. The Hall–Kier alpha value is -1.72. The number of ether oxygens (including phenoxy) is 2. The van der Waals surface area contributed by atoms with Crippen molar-refractivity contribution in [3.63, 3.8) is 0 Å². The van der Waals surface area contributed by atoms with E-state index in [1.807, 2.05) is 27.7 Å². The molecule has 0 aromatic rings. The summed E-state index contributed by atoms with van der Waals surface area (Å²) < 4.78 is 9.11. The minimum atomic E-state index is -0.367. The van der Waals surface area contributed by atoms with Crippen LogP contribution in [0.5, 0.6) is 0 Å². The van der Waals surface area contributed by atoms with Crippen LogP contribution in [0.4, 0.5) is 0 Å². The van der Waals surface area contributed by atoms with Crippen LogP contribution in [0.25, 0.3) is 0 Å². The lowest BCUT2D eigenvalue weighted by atomic mass is 9.84. The average molecular weight is 385 g/mol. The van der Waals surface area contributed by atoms with Crippen LogP contribution >= 0.6 is 0 Å². The molecule has 156 valence electrons. The molecule has 6 heteroatoms. The van der Waals surface area contributed by atoms with Crippen LogP contribution in [-0.2, 0) is 28.7 Å². The van der Waals surface area contributed by atoms with E-state index >= 15 is 0 Å². The molecule has 0 amide bonds. The maximum atomic E-state index is 11.4. The molecule has 2 aliphatic heterocycles. The third kappa shape index (κ3) is 7.07. The summed E-state index contributed by atoms with van der Waals surface area (Å²) in [4.78, 5) is 44.4. The van der Waals surface area contributed by atoms with Gasteiger partial charge in [-0.15, -0.1) is 0 Å². The number of rotatable bonds is 6. The van der Waals surface area contributed by atoms with Gasteiger partial charge in [-0.05, 0) is 25.2 Å². The minimum Gasteiger partial charge on any atom is -0.393 e. The summed E-state index contributed by atoms with van der Waals surface area (Å²) in [6.07, 6.45) is 4.18. The van der Waals surface area contributed by atoms with Gasteiger partial charge in [0.05, 0.1) is 23.7 Å². The topological polar surface area (TPSA) is 86.7 Å². The largest absolute Gasteiger partial charge is 0.393 e. The van der Waals surface area contributed by atoms with E-state index in [4.69, 9.17) is 0 Å². The van der Waals surface area contributed by atoms with E-state index in [0.717, 1.165) is 25.7 Å². The Morgan fingerprint density at radius 3 is 1.70 bits per heavy atom. The van der Waals surface area contributed by atoms with Crippen molar-refractivity contribution in [2.24, 2.45) is 29.6 Å². The summed E-state index contributed by atoms with van der Waals surface area (Å²) in [5.41, 5.74) is 0. The molecule has 2 heterocycles. The Kier molecular flexibility index (Phi) is 11.8. The smallest absolute Gasteiger partial charge is 0.317 e. The zero-order valence-corrected chi connectivity index (χ0v) is 17.9. The van der Waals surface area contributed by atoms with Gasteiger partial charge in [-0.3, -0.25) is 19.2 Å². The van der Waals surface area contributed by atoms with Crippen LogP contribution in [-0.4, -0.2) is 23.9 Å². The minimum absolute atomic E-state index is 0.188. The molecule has 0 aromatic heterocycles. The highest BCUT2D eigenvalue weighted by Gasteiger charge is 2.43. The van der Waals surface area contributed by atoms with Crippen LogP contribution in [0, 0.1) is 29.6 Å². The Morgan fingerprint density at radius 2 is 1.30 bits per heavy atom. The first-order valence-electron chi connectivity index (χ1n) is 10.3. The summed E-state index contributed by atoms with van der Waals surface area (Å²) >= 11 is 0. The quantitative estimate of drug-likeness (QED) is 0.501. The van der Waals surface area contributed by atoms with Gasteiger partial charge in [-0.2, -0.15) is 0 Å². The van der Waals surface area contributed by atoms with Crippen molar-refractivity contribution in [3.8, 4) is 0 Å². The second kappa shape index (κ2) is 12.6.